The number of carbonyl (C=O) groups excluding carboxylic acids is 1. The number of amides is 1. The quantitative estimate of drug-likeness (QED) is 0.717. The van der Waals surface area contributed by atoms with Crippen LogP contribution in [0.25, 0.3) is 0 Å². The molecule has 0 fully saturated rings. The van der Waals surface area contributed by atoms with E-state index in [1.807, 2.05) is 0 Å². The summed E-state index contributed by atoms with van der Waals surface area (Å²) in [6.07, 6.45) is 0. The van der Waals surface area contributed by atoms with E-state index in [-0.39, 0.29) is 17.3 Å². The highest BCUT2D eigenvalue weighted by Gasteiger charge is 2.21. The summed E-state index contributed by atoms with van der Waals surface area (Å²) in [5.41, 5.74) is 1.20. The van der Waals surface area contributed by atoms with Gasteiger partial charge in [0, 0.05) is 29.5 Å². The van der Waals surface area contributed by atoms with Gasteiger partial charge in [-0.3, -0.25) is 4.79 Å². The third kappa shape index (κ3) is 5.20. The lowest BCUT2D eigenvalue weighted by molar-refractivity contribution is -0.114. The summed E-state index contributed by atoms with van der Waals surface area (Å²) in [6.45, 7) is 4.41. The van der Waals surface area contributed by atoms with Crippen LogP contribution in [0.5, 0.6) is 0 Å². The minimum Gasteiger partial charge on any atom is -0.376 e. The molecule has 6 nitrogen and oxygen atoms in total. The Labute approximate surface area is 159 Å². The summed E-state index contributed by atoms with van der Waals surface area (Å²) in [5, 5.41) is 6.27. The Hall–Kier alpha value is -2.09. The highest BCUT2D eigenvalue weighted by atomic mass is 35.5. The first-order valence-corrected chi connectivity index (χ1v) is 10.1. The zero-order valence-corrected chi connectivity index (χ0v) is 16.3. The van der Waals surface area contributed by atoms with Crippen molar-refractivity contribution in [2.24, 2.45) is 0 Å². The highest BCUT2D eigenvalue weighted by molar-refractivity contribution is 7.89. The Bertz CT molecular complexity index is 850. The van der Waals surface area contributed by atoms with Crippen molar-refractivity contribution in [3.05, 3.63) is 53.6 Å². The van der Waals surface area contributed by atoms with E-state index in [4.69, 9.17) is 11.6 Å². The number of hydrogen-bond acceptors (Lipinski definition) is 4. The van der Waals surface area contributed by atoms with Gasteiger partial charge in [-0.1, -0.05) is 31.5 Å². The van der Waals surface area contributed by atoms with Crippen LogP contribution in [0, 0.1) is 0 Å². The second kappa shape index (κ2) is 9.02. The lowest BCUT2D eigenvalue weighted by Crippen LogP contribution is -2.30. The van der Waals surface area contributed by atoms with Gasteiger partial charge in [0.1, 0.15) is 0 Å². The molecule has 140 valence electrons. The molecule has 0 unspecified atom stereocenters. The van der Waals surface area contributed by atoms with E-state index in [1.165, 1.54) is 10.4 Å². The smallest absolute Gasteiger partial charge is 0.243 e. The van der Waals surface area contributed by atoms with Gasteiger partial charge in [0.25, 0.3) is 0 Å². The normalized spacial score (nSPS) is 11.4. The number of rotatable bonds is 8. The van der Waals surface area contributed by atoms with Crippen LogP contribution in [0.4, 0.5) is 11.4 Å². The minimum absolute atomic E-state index is 0.0113. The summed E-state index contributed by atoms with van der Waals surface area (Å²) >= 11 is 5.81. The molecule has 0 aliphatic rings. The molecule has 0 saturated carbocycles. The van der Waals surface area contributed by atoms with Crippen molar-refractivity contribution in [1.82, 2.24) is 4.31 Å². The van der Waals surface area contributed by atoms with Gasteiger partial charge in [-0.25, -0.2) is 8.42 Å². The first kappa shape index (κ1) is 20.2. The number of benzene rings is 2. The summed E-state index contributed by atoms with van der Waals surface area (Å²) in [7, 11) is -3.53. The summed E-state index contributed by atoms with van der Waals surface area (Å²) < 4.78 is 26.5. The average molecular weight is 396 g/mol. The molecule has 0 spiro atoms. The van der Waals surface area contributed by atoms with Gasteiger partial charge in [-0.05, 0) is 42.5 Å². The van der Waals surface area contributed by atoms with Crippen molar-refractivity contribution in [3.8, 4) is 0 Å². The number of sulfonamides is 1. The largest absolute Gasteiger partial charge is 0.376 e. The number of carbonyl (C=O) groups is 1. The molecule has 2 rings (SSSR count). The van der Waals surface area contributed by atoms with Crippen LogP contribution >= 0.6 is 11.6 Å². The van der Waals surface area contributed by atoms with Crippen LogP contribution in [-0.4, -0.2) is 38.3 Å². The molecule has 0 aliphatic carbocycles. The zero-order chi connectivity index (χ0) is 19.2. The molecular formula is C18H22ClN3O3S. The summed E-state index contributed by atoms with van der Waals surface area (Å²) in [4.78, 5) is 12.2. The van der Waals surface area contributed by atoms with Crippen LogP contribution in [0.1, 0.15) is 13.8 Å². The van der Waals surface area contributed by atoms with E-state index >= 15 is 0 Å². The van der Waals surface area contributed by atoms with Gasteiger partial charge in [-0.2, -0.15) is 4.31 Å². The Morgan fingerprint density at radius 3 is 2.31 bits per heavy atom. The maximum atomic E-state index is 12.6. The Kier molecular flexibility index (Phi) is 7.02. The maximum absolute atomic E-state index is 12.6. The highest BCUT2D eigenvalue weighted by Crippen LogP contribution is 2.19. The van der Waals surface area contributed by atoms with E-state index in [0.29, 0.717) is 29.5 Å². The maximum Gasteiger partial charge on any atom is 0.243 e. The van der Waals surface area contributed by atoms with Gasteiger partial charge in [0.15, 0.2) is 0 Å². The summed E-state index contributed by atoms with van der Waals surface area (Å²) in [5.74, 6) is -0.246. The average Bonchev–Trinajstić information content (AvgIpc) is 2.63. The van der Waals surface area contributed by atoms with E-state index in [0.717, 1.165) is 0 Å². The SMILES string of the molecule is CCN(CC)S(=O)(=O)c1cccc(NCC(=O)Nc2ccc(Cl)cc2)c1. The molecule has 2 aromatic rings. The molecule has 0 bridgehead atoms. The van der Waals surface area contributed by atoms with Crippen molar-refractivity contribution in [1.29, 1.82) is 0 Å². The Morgan fingerprint density at radius 1 is 1.04 bits per heavy atom. The van der Waals surface area contributed by atoms with Crippen molar-refractivity contribution in [2.75, 3.05) is 30.3 Å². The molecule has 2 N–H and O–H groups in total. The molecule has 26 heavy (non-hydrogen) atoms. The minimum atomic E-state index is -3.53. The van der Waals surface area contributed by atoms with Crippen LogP contribution in [-0.2, 0) is 14.8 Å². The lowest BCUT2D eigenvalue weighted by Gasteiger charge is -2.19. The van der Waals surface area contributed by atoms with Gasteiger partial charge in [0.2, 0.25) is 15.9 Å². The van der Waals surface area contributed by atoms with E-state index in [2.05, 4.69) is 10.6 Å². The summed E-state index contributed by atoms with van der Waals surface area (Å²) in [6, 6.07) is 13.2. The predicted molar refractivity (Wildman–Crippen MR) is 105 cm³/mol. The monoisotopic (exact) mass is 395 g/mol. The second-order valence-corrected chi connectivity index (χ2v) is 7.90. The molecule has 0 heterocycles. The fourth-order valence-corrected chi connectivity index (χ4v) is 4.03. The molecular weight excluding hydrogens is 374 g/mol. The molecule has 8 heteroatoms. The molecule has 0 aromatic heterocycles. The molecule has 0 saturated heterocycles. The zero-order valence-electron chi connectivity index (χ0n) is 14.7. The predicted octanol–water partition coefficient (Wildman–Crippen LogP) is 3.42. The topological polar surface area (TPSA) is 78.5 Å². The van der Waals surface area contributed by atoms with Gasteiger partial charge < -0.3 is 10.6 Å². The molecule has 2 aromatic carbocycles. The van der Waals surface area contributed by atoms with Crippen LogP contribution in [0.15, 0.2) is 53.4 Å². The molecule has 0 aliphatic heterocycles. The number of anilines is 2. The van der Waals surface area contributed by atoms with Crippen molar-refractivity contribution >= 4 is 38.9 Å². The number of nitrogens with one attached hydrogen (secondary N) is 2. The van der Waals surface area contributed by atoms with Gasteiger partial charge in [-0.15, -0.1) is 0 Å². The Balaban J connectivity index is 2.02. The van der Waals surface area contributed by atoms with Crippen molar-refractivity contribution in [2.45, 2.75) is 18.7 Å². The molecule has 1 amide bonds. The third-order valence-corrected chi connectivity index (χ3v) is 6.06. The number of hydrogen-bond donors (Lipinski definition) is 2. The van der Waals surface area contributed by atoms with E-state index in [1.54, 1.807) is 56.3 Å². The Morgan fingerprint density at radius 2 is 1.69 bits per heavy atom. The standard InChI is InChI=1S/C18H22ClN3O3S/c1-3-22(4-2)26(24,25)17-7-5-6-16(12-17)20-13-18(23)21-15-10-8-14(19)9-11-15/h5-12,20H,3-4,13H2,1-2H3,(H,21,23). The van der Waals surface area contributed by atoms with E-state index < -0.39 is 10.0 Å². The van der Waals surface area contributed by atoms with Crippen LogP contribution < -0.4 is 10.6 Å². The van der Waals surface area contributed by atoms with E-state index in [9.17, 15) is 13.2 Å². The first-order valence-electron chi connectivity index (χ1n) is 8.26. The lowest BCUT2D eigenvalue weighted by atomic mass is 10.3. The fraction of sp³-hybridized carbons (Fsp3) is 0.278. The first-order chi connectivity index (χ1) is 12.4. The van der Waals surface area contributed by atoms with Crippen LogP contribution in [0.3, 0.4) is 0 Å². The van der Waals surface area contributed by atoms with Crippen molar-refractivity contribution in [3.63, 3.8) is 0 Å². The number of halogens is 1. The third-order valence-electron chi connectivity index (χ3n) is 3.76. The second-order valence-electron chi connectivity index (χ2n) is 5.53. The molecule has 0 radical (unpaired) electrons. The number of nitrogens with zero attached hydrogens (tertiary/aromatic N) is 1. The fourth-order valence-electron chi connectivity index (χ4n) is 2.40. The molecule has 0 atom stereocenters. The van der Waals surface area contributed by atoms with Crippen LogP contribution in [0.2, 0.25) is 5.02 Å². The van der Waals surface area contributed by atoms with Gasteiger partial charge >= 0.3 is 0 Å². The van der Waals surface area contributed by atoms with Gasteiger partial charge in [0.05, 0.1) is 11.4 Å². The van der Waals surface area contributed by atoms with Crippen molar-refractivity contribution < 1.29 is 13.2 Å².